The number of fused-ring (bicyclic) bond motifs is 1. The lowest BCUT2D eigenvalue weighted by Crippen LogP contribution is -2.32. The molecular formula is C26H27N5O. The van der Waals surface area contributed by atoms with Crippen molar-refractivity contribution in [2.24, 2.45) is 0 Å². The van der Waals surface area contributed by atoms with E-state index in [-0.39, 0.29) is 11.9 Å². The number of likely N-dealkylation sites (tertiary alicyclic amines) is 1. The third kappa shape index (κ3) is 3.66. The van der Waals surface area contributed by atoms with E-state index in [0.29, 0.717) is 6.42 Å². The predicted molar refractivity (Wildman–Crippen MR) is 125 cm³/mol. The molecule has 0 unspecified atom stereocenters. The van der Waals surface area contributed by atoms with Crippen molar-refractivity contribution in [3.63, 3.8) is 0 Å². The van der Waals surface area contributed by atoms with Crippen molar-refractivity contribution < 1.29 is 4.79 Å². The number of rotatable bonds is 4. The van der Waals surface area contributed by atoms with E-state index in [1.165, 1.54) is 11.1 Å². The average Bonchev–Trinajstić information content (AvgIpc) is 3.42. The fourth-order valence-corrected chi connectivity index (χ4v) is 4.54. The molecule has 0 radical (unpaired) electrons. The lowest BCUT2D eigenvalue weighted by Gasteiger charge is -2.24. The number of carbonyl (C=O) groups excluding carboxylic acids is 1. The van der Waals surface area contributed by atoms with E-state index < -0.39 is 0 Å². The number of carbonyl (C=O) groups is 1. The molecule has 1 atom stereocenters. The summed E-state index contributed by atoms with van der Waals surface area (Å²) in [6.07, 6.45) is 4.09. The number of hydrogen-bond acceptors (Lipinski definition) is 4. The molecule has 3 aromatic heterocycles. The van der Waals surface area contributed by atoms with Crippen LogP contribution in [-0.2, 0) is 11.2 Å². The first-order valence-corrected chi connectivity index (χ1v) is 11.1. The Morgan fingerprint density at radius 2 is 1.94 bits per heavy atom. The van der Waals surface area contributed by atoms with Gasteiger partial charge in [-0.1, -0.05) is 24.3 Å². The molecule has 1 saturated heterocycles. The van der Waals surface area contributed by atoms with Gasteiger partial charge >= 0.3 is 0 Å². The Morgan fingerprint density at radius 3 is 2.72 bits per heavy atom. The third-order valence-electron chi connectivity index (χ3n) is 6.44. The van der Waals surface area contributed by atoms with Gasteiger partial charge in [0, 0.05) is 18.1 Å². The maximum Gasteiger partial charge on any atom is 0.227 e. The van der Waals surface area contributed by atoms with Crippen LogP contribution in [0.5, 0.6) is 0 Å². The van der Waals surface area contributed by atoms with Crippen LogP contribution < -0.4 is 0 Å². The highest BCUT2D eigenvalue weighted by Crippen LogP contribution is 2.33. The van der Waals surface area contributed by atoms with Crippen LogP contribution >= 0.6 is 0 Å². The minimum Gasteiger partial charge on any atom is -0.334 e. The number of nitrogens with zero attached hydrogens (tertiary/aromatic N) is 5. The Hall–Kier alpha value is -3.54. The number of pyridine rings is 2. The van der Waals surface area contributed by atoms with Crippen molar-refractivity contribution in [2.75, 3.05) is 6.54 Å². The summed E-state index contributed by atoms with van der Waals surface area (Å²) in [4.78, 5) is 24.6. The molecule has 0 bridgehead atoms. The molecule has 1 aliphatic heterocycles. The topological polar surface area (TPSA) is 63.9 Å². The largest absolute Gasteiger partial charge is 0.334 e. The van der Waals surface area contributed by atoms with Crippen LogP contribution in [-0.4, -0.2) is 37.1 Å². The van der Waals surface area contributed by atoms with Gasteiger partial charge in [0.1, 0.15) is 0 Å². The lowest BCUT2D eigenvalue weighted by molar-refractivity contribution is -0.131. The Balaban J connectivity index is 1.46. The van der Waals surface area contributed by atoms with E-state index in [0.717, 1.165) is 53.2 Å². The molecule has 1 fully saturated rings. The van der Waals surface area contributed by atoms with Crippen LogP contribution in [0.2, 0.25) is 0 Å². The molecule has 0 spiro atoms. The molecule has 0 saturated carbocycles. The van der Waals surface area contributed by atoms with Gasteiger partial charge < -0.3 is 4.90 Å². The molecule has 1 aromatic carbocycles. The average molecular weight is 426 g/mol. The van der Waals surface area contributed by atoms with Crippen LogP contribution in [0.1, 0.15) is 47.0 Å². The highest BCUT2D eigenvalue weighted by molar-refractivity contribution is 5.81. The van der Waals surface area contributed by atoms with E-state index in [4.69, 9.17) is 4.98 Å². The van der Waals surface area contributed by atoms with Crippen LogP contribution in [0.25, 0.3) is 16.9 Å². The van der Waals surface area contributed by atoms with E-state index in [2.05, 4.69) is 48.2 Å². The van der Waals surface area contributed by atoms with Crippen LogP contribution in [0.4, 0.5) is 0 Å². The van der Waals surface area contributed by atoms with Gasteiger partial charge in [-0.05, 0) is 74.6 Å². The molecule has 32 heavy (non-hydrogen) atoms. The van der Waals surface area contributed by atoms with Gasteiger partial charge in [0.15, 0.2) is 11.5 Å². The molecule has 1 amide bonds. The molecule has 5 rings (SSSR count). The molecule has 6 nitrogen and oxygen atoms in total. The highest BCUT2D eigenvalue weighted by atomic mass is 16.2. The number of hydrogen-bond donors (Lipinski definition) is 0. The SMILES string of the molecule is Cc1ccc(CC(=O)N2CCC[C@@H]2c2ccc3c(C)nn(-c4ccccn4)c3n2)cc1C. The van der Waals surface area contributed by atoms with E-state index in [9.17, 15) is 4.79 Å². The fourth-order valence-electron chi connectivity index (χ4n) is 4.54. The van der Waals surface area contributed by atoms with Gasteiger partial charge in [0.25, 0.3) is 0 Å². The smallest absolute Gasteiger partial charge is 0.227 e. The van der Waals surface area contributed by atoms with E-state index in [1.54, 1.807) is 10.9 Å². The minimum atomic E-state index is -0.00849. The summed E-state index contributed by atoms with van der Waals surface area (Å²) in [5.41, 5.74) is 6.15. The van der Waals surface area contributed by atoms with Crippen LogP contribution in [0.3, 0.4) is 0 Å². The zero-order chi connectivity index (χ0) is 22.2. The Kier molecular flexibility index (Phi) is 5.21. The minimum absolute atomic E-state index is 0.00849. The zero-order valence-corrected chi connectivity index (χ0v) is 18.7. The molecule has 162 valence electrons. The molecule has 1 aliphatic rings. The van der Waals surface area contributed by atoms with Crippen molar-refractivity contribution in [2.45, 2.75) is 46.1 Å². The van der Waals surface area contributed by atoms with Crippen molar-refractivity contribution in [1.82, 2.24) is 24.6 Å². The Labute approximate surface area is 187 Å². The fraction of sp³-hybridized carbons (Fsp3) is 0.308. The summed E-state index contributed by atoms with van der Waals surface area (Å²) in [7, 11) is 0. The first-order chi connectivity index (χ1) is 15.5. The summed E-state index contributed by atoms with van der Waals surface area (Å²) >= 11 is 0. The number of amides is 1. The van der Waals surface area contributed by atoms with Gasteiger partial charge in [0.2, 0.25) is 5.91 Å². The monoisotopic (exact) mass is 425 g/mol. The molecule has 0 aliphatic carbocycles. The zero-order valence-electron chi connectivity index (χ0n) is 18.7. The second-order valence-electron chi connectivity index (χ2n) is 8.63. The Morgan fingerprint density at radius 1 is 1.06 bits per heavy atom. The maximum atomic E-state index is 13.2. The maximum absolute atomic E-state index is 13.2. The van der Waals surface area contributed by atoms with Crippen LogP contribution in [0, 0.1) is 20.8 Å². The number of benzene rings is 1. The third-order valence-corrected chi connectivity index (χ3v) is 6.44. The number of aromatic nitrogens is 4. The summed E-state index contributed by atoms with van der Waals surface area (Å²) < 4.78 is 1.80. The van der Waals surface area contributed by atoms with Crippen molar-refractivity contribution in [1.29, 1.82) is 0 Å². The van der Waals surface area contributed by atoms with Gasteiger partial charge in [0.05, 0.1) is 23.9 Å². The molecule has 0 N–H and O–H groups in total. The predicted octanol–water partition coefficient (Wildman–Crippen LogP) is 4.65. The van der Waals surface area contributed by atoms with Crippen molar-refractivity contribution >= 4 is 16.9 Å². The van der Waals surface area contributed by atoms with E-state index >= 15 is 0 Å². The second-order valence-corrected chi connectivity index (χ2v) is 8.63. The molecule has 4 aromatic rings. The van der Waals surface area contributed by atoms with Gasteiger partial charge in [-0.2, -0.15) is 9.78 Å². The Bertz CT molecular complexity index is 1290. The summed E-state index contributed by atoms with van der Waals surface area (Å²) in [5, 5.41) is 5.67. The van der Waals surface area contributed by atoms with Crippen LogP contribution in [0.15, 0.2) is 54.7 Å². The van der Waals surface area contributed by atoms with Gasteiger partial charge in [-0.15, -0.1) is 0 Å². The van der Waals surface area contributed by atoms with Gasteiger partial charge in [-0.25, -0.2) is 9.97 Å². The van der Waals surface area contributed by atoms with E-state index in [1.807, 2.05) is 36.1 Å². The highest BCUT2D eigenvalue weighted by Gasteiger charge is 2.31. The quantitative estimate of drug-likeness (QED) is 0.478. The van der Waals surface area contributed by atoms with Crippen molar-refractivity contribution in [3.05, 3.63) is 82.8 Å². The summed E-state index contributed by atoms with van der Waals surface area (Å²) in [6, 6.07) is 16.1. The van der Waals surface area contributed by atoms with Gasteiger partial charge in [-0.3, -0.25) is 4.79 Å². The lowest BCUT2D eigenvalue weighted by atomic mass is 10.0. The molecular weight excluding hydrogens is 398 g/mol. The molecule has 6 heteroatoms. The normalized spacial score (nSPS) is 16.1. The first kappa shape index (κ1) is 20.4. The number of aryl methyl sites for hydroxylation is 3. The summed E-state index contributed by atoms with van der Waals surface area (Å²) in [6.45, 7) is 6.94. The second kappa shape index (κ2) is 8.19. The standard InChI is InChI=1S/C26H27N5O/c1-17-9-10-20(15-18(17)2)16-25(32)30-14-6-7-23(30)22-12-11-21-19(3)29-31(26(21)28-22)24-8-4-5-13-27-24/h4-5,8-13,15,23H,6-7,14,16H2,1-3H3/t23-/m1/s1. The van der Waals surface area contributed by atoms with Crippen molar-refractivity contribution in [3.8, 4) is 5.82 Å². The first-order valence-electron chi connectivity index (χ1n) is 11.1. The summed E-state index contributed by atoms with van der Waals surface area (Å²) in [5.74, 6) is 0.899. The molecule has 4 heterocycles.